The van der Waals surface area contributed by atoms with E-state index in [1.807, 2.05) is 45.0 Å². The molecule has 0 radical (unpaired) electrons. The second-order valence-electron chi connectivity index (χ2n) is 6.02. The van der Waals surface area contributed by atoms with Gasteiger partial charge in [0.05, 0.1) is 6.54 Å². The van der Waals surface area contributed by atoms with Crippen LogP contribution in [0.15, 0.2) is 40.9 Å². The van der Waals surface area contributed by atoms with Crippen LogP contribution in [0.25, 0.3) is 0 Å². The first kappa shape index (κ1) is 19.2. The highest BCUT2D eigenvalue weighted by molar-refractivity contribution is 9.10. The fourth-order valence-corrected chi connectivity index (χ4v) is 2.22. The molecule has 6 heteroatoms. The van der Waals surface area contributed by atoms with E-state index in [0.717, 1.165) is 16.1 Å². The van der Waals surface area contributed by atoms with Gasteiger partial charge in [-0.25, -0.2) is 9.59 Å². The molecule has 0 aliphatic heterocycles. The van der Waals surface area contributed by atoms with Crippen molar-refractivity contribution < 1.29 is 19.4 Å². The first-order valence-corrected chi connectivity index (χ1v) is 8.09. The molecule has 0 spiro atoms. The quantitative estimate of drug-likeness (QED) is 0.746. The Labute approximate surface area is 145 Å². The lowest BCUT2D eigenvalue weighted by atomic mass is 10.2. The van der Waals surface area contributed by atoms with Crippen molar-refractivity contribution >= 4 is 28.0 Å². The van der Waals surface area contributed by atoms with E-state index < -0.39 is 17.7 Å². The summed E-state index contributed by atoms with van der Waals surface area (Å²) in [4.78, 5) is 24.4. The number of halogens is 1. The molecule has 0 aromatic heterocycles. The van der Waals surface area contributed by atoms with E-state index in [0.29, 0.717) is 19.5 Å². The Kier molecular flexibility index (Phi) is 7.29. The molecule has 0 aliphatic carbocycles. The van der Waals surface area contributed by atoms with Gasteiger partial charge < -0.3 is 14.7 Å². The SMILES string of the molecule is CC(C)(C)OC(=O)N(CC/C=C/C(=O)O)Cc1ccccc1Br. The number of aliphatic carboxylic acids is 1. The zero-order valence-electron chi connectivity index (χ0n) is 13.6. The predicted molar refractivity (Wildman–Crippen MR) is 92.2 cm³/mol. The third kappa shape index (κ3) is 7.83. The summed E-state index contributed by atoms with van der Waals surface area (Å²) in [6.07, 6.45) is 2.62. The van der Waals surface area contributed by atoms with Gasteiger partial charge in [-0.2, -0.15) is 0 Å². The summed E-state index contributed by atoms with van der Waals surface area (Å²) in [6, 6.07) is 7.64. The van der Waals surface area contributed by atoms with Crippen LogP contribution in [0.1, 0.15) is 32.8 Å². The summed E-state index contributed by atoms with van der Waals surface area (Å²) in [7, 11) is 0. The van der Waals surface area contributed by atoms with E-state index in [9.17, 15) is 9.59 Å². The molecule has 0 unspecified atom stereocenters. The number of hydrogen-bond acceptors (Lipinski definition) is 3. The second-order valence-corrected chi connectivity index (χ2v) is 6.88. The predicted octanol–water partition coefficient (Wildman–Crippen LogP) is 4.22. The van der Waals surface area contributed by atoms with E-state index in [-0.39, 0.29) is 0 Å². The maximum atomic E-state index is 12.4. The molecule has 1 N–H and O–H groups in total. The highest BCUT2D eigenvalue weighted by Crippen LogP contribution is 2.19. The van der Waals surface area contributed by atoms with Crippen LogP contribution in [-0.4, -0.2) is 34.2 Å². The average molecular weight is 384 g/mol. The highest BCUT2D eigenvalue weighted by atomic mass is 79.9. The number of hydrogen-bond donors (Lipinski definition) is 1. The molecule has 0 aliphatic rings. The Balaban J connectivity index is 2.81. The summed E-state index contributed by atoms with van der Waals surface area (Å²) in [5.74, 6) is -1.00. The molecule has 23 heavy (non-hydrogen) atoms. The lowest BCUT2D eigenvalue weighted by Gasteiger charge is -2.27. The van der Waals surface area contributed by atoms with Crippen LogP contribution in [-0.2, 0) is 16.1 Å². The van der Waals surface area contributed by atoms with Gasteiger partial charge in [-0.3, -0.25) is 0 Å². The van der Waals surface area contributed by atoms with Crippen LogP contribution in [0.3, 0.4) is 0 Å². The second kappa shape index (κ2) is 8.72. The fourth-order valence-electron chi connectivity index (χ4n) is 1.81. The molecular weight excluding hydrogens is 362 g/mol. The summed E-state index contributed by atoms with van der Waals surface area (Å²) in [6.45, 7) is 6.20. The summed E-state index contributed by atoms with van der Waals surface area (Å²) < 4.78 is 6.33. The number of carboxylic acids is 1. The molecule has 5 nitrogen and oxygen atoms in total. The third-order valence-corrected chi connectivity index (χ3v) is 3.57. The zero-order valence-corrected chi connectivity index (χ0v) is 15.2. The largest absolute Gasteiger partial charge is 0.478 e. The molecule has 0 fully saturated rings. The van der Waals surface area contributed by atoms with Gasteiger partial charge >= 0.3 is 12.1 Å². The van der Waals surface area contributed by atoms with Crippen molar-refractivity contribution in [1.29, 1.82) is 0 Å². The molecule has 1 rings (SSSR count). The minimum absolute atomic E-state index is 0.375. The van der Waals surface area contributed by atoms with Crippen molar-refractivity contribution in [3.8, 4) is 0 Å². The van der Waals surface area contributed by atoms with Crippen molar-refractivity contribution in [2.45, 2.75) is 39.3 Å². The van der Waals surface area contributed by atoms with Crippen molar-refractivity contribution in [3.05, 3.63) is 46.5 Å². The van der Waals surface area contributed by atoms with E-state index in [1.54, 1.807) is 4.90 Å². The fraction of sp³-hybridized carbons (Fsp3) is 0.412. The zero-order chi connectivity index (χ0) is 17.5. The van der Waals surface area contributed by atoms with Crippen LogP contribution >= 0.6 is 15.9 Å². The van der Waals surface area contributed by atoms with Gasteiger partial charge in [0, 0.05) is 17.1 Å². The number of ether oxygens (including phenoxy) is 1. The average Bonchev–Trinajstić information content (AvgIpc) is 2.42. The molecule has 0 heterocycles. The van der Waals surface area contributed by atoms with Crippen LogP contribution < -0.4 is 0 Å². The minimum Gasteiger partial charge on any atom is -0.478 e. The van der Waals surface area contributed by atoms with E-state index >= 15 is 0 Å². The van der Waals surface area contributed by atoms with Crippen LogP contribution in [0.5, 0.6) is 0 Å². The molecule has 1 aromatic carbocycles. The molecule has 126 valence electrons. The first-order chi connectivity index (χ1) is 10.7. The summed E-state index contributed by atoms with van der Waals surface area (Å²) >= 11 is 3.47. The molecular formula is C17H22BrNO4. The van der Waals surface area contributed by atoms with Crippen LogP contribution in [0.2, 0.25) is 0 Å². The molecule has 0 bridgehead atoms. The lowest BCUT2D eigenvalue weighted by Crippen LogP contribution is -2.37. The highest BCUT2D eigenvalue weighted by Gasteiger charge is 2.22. The normalized spacial score (nSPS) is 11.5. The smallest absolute Gasteiger partial charge is 0.410 e. The monoisotopic (exact) mass is 383 g/mol. The number of carbonyl (C=O) groups is 2. The van der Waals surface area contributed by atoms with Gasteiger partial charge in [-0.1, -0.05) is 40.2 Å². The molecule has 1 amide bonds. The van der Waals surface area contributed by atoms with Crippen molar-refractivity contribution in [1.82, 2.24) is 4.90 Å². The van der Waals surface area contributed by atoms with Crippen molar-refractivity contribution in [2.24, 2.45) is 0 Å². The maximum absolute atomic E-state index is 12.4. The number of rotatable bonds is 6. The summed E-state index contributed by atoms with van der Waals surface area (Å²) in [5, 5.41) is 8.61. The van der Waals surface area contributed by atoms with Gasteiger partial charge in [0.15, 0.2) is 0 Å². The lowest BCUT2D eigenvalue weighted by molar-refractivity contribution is -0.131. The van der Waals surface area contributed by atoms with Crippen LogP contribution in [0.4, 0.5) is 4.79 Å². The Bertz CT molecular complexity index is 578. The van der Waals surface area contributed by atoms with Gasteiger partial charge in [0.25, 0.3) is 0 Å². The maximum Gasteiger partial charge on any atom is 0.410 e. The minimum atomic E-state index is -1.00. The Morgan fingerprint density at radius 2 is 1.96 bits per heavy atom. The van der Waals surface area contributed by atoms with Crippen molar-refractivity contribution in [3.63, 3.8) is 0 Å². The Hall–Kier alpha value is -1.82. The summed E-state index contributed by atoms with van der Waals surface area (Å²) in [5.41, 5.74) is 0.376. The number of nitrogens with zero attached hydrogens (tertiary/aromatic N) is 1. The van der Waals surface area contributed by atoms with E-state index in [2.05, 4.69) is 15.9 Å². The first-order valence-electron chi connectivity index (χ1n) is 7.30. The number of amides is 1. The van der Waals surface area contributed by atoms with Gasteiger partial charge in [-0.15, -0.1) is 0 Å². The third-order valence-electron chi connectivity index (χ3n) is 2.80. The molecule has 0 saturated carbocycles. The molecule has 0 saturated heterocycles. The Morgan fingerprint density at radius 1 is 1.30 bits per heavy atom. The van der Waals surface area contributed by atoms with E-state index in [1.165, 1.54) is 6.08 Å². The topological polar surface area (TPSA) is 66.8 Å². The standard InChI is InChI=1S/C17H22BrNO4/c1-17(2,3)23-16(22)19(11-7-6-10-15(20)21)12-13-8-4-5-9-14(13)18/h4-6,8-10H,7,11-12H2,1-3H3,(H,20,21)/b10-6+. The van der Waals surface area contributed by atoms with Gasteiger partial charge in [0.1, 0.15) is 5.60 Å². The number of carbonyl (C=O) groups excluding carboxylic acids is 1. The number of benzene rings is 1. The van der Waals surface area contributed by atoms with Gasteiger partial charge in [0.2, 0.25) is 0 Å². The number of carboxylic acid groups (broad SMARTS) is 1. The van der Waals surface area contributed by atoms with Gasteiger partial charge in [-0.05, 0) is 38.8 Å². The Morgan fingerprint density at radius 3 is 2.52 bits per heavy atom. The molecule has 0 atom stereocenters. The molecule has 1 aromatic rings. The van der Waals surface area contributed by atoms with Crippen LogP contribution in [0, 0.1) is 0 Å². The van der Waals surface area contributed by atoms with E-state index in [4.69, 9.17) is 9.84 Å². The van der Waals surface area contributed by atoms with Crippen molar-refractivity contribution in [2.75, 3.05) is 6.54 Å².